The number of carbonyl (C=O) groups is 1. The number of nitrogens with two attached hydrogens (primary N) is 1. The van der Waals surface area contributed by atoms with Crippen molar-refractivity contribution in [1.29, 1.82) is 0 Å². The molecule has 0 aliphatic rings. The fourth-order valence-corrected chi connectivity index (χ4v) is 3.95. The van der Waals surface area contributed by atoms with Crippen LogP contribution in [0.4, 0.5) is 5.69 Å². The Bertz CT molecular complexity index is 894. The second-order valence-electron chi connectivity index (χ2n) is 6.39. The van der Waals surface area contributed by atoms with Crippen LogP contribution in [0.3, 0.4) is 0 Å². The van der Waals surface area contributed by atoms with E-state index < -0.39 is 10.0 Å². The minimum atomic E-state index is -3.79. The molecule has 0 radical (unpaired) electrons. The summed E-state index contributed by atoms with van der Waals surface area (Å²) in [5.41, 5.74) is 7.63. The van der Waals surface area contributed by atoms with Gasteiger partial charge in [0.1, 0.15) is 10.6 Å². The van der Waals surface area contributed by atoms with Gasteiger partial charge in [-0.25, -0.2) is 13.1 Å². The van der Waals surface area contributed by atoms with Crippen molar-refractivity contribution in [3.63, 3.8) is 0 Å². The van der Waals surface area contributed by atoms with E-state index in [0.29, 0.717) is 18.7 Å². The van der Waals surface area contributed by atoms with Crippen LogP contribution in [0, 0.1) is 0 Å². The Morgan fingerprint density at radius 3 is 2.41 bits per heavy atom. The van der Waals surface area contributed by atoms with Crippen LogP contribution >= 0.6 is 0 Å². The number of nitrogens with one attached hydrogen (secondary N) is 2. The summed E-state index contributed by atoms with van der Waals surface area (Å²) >= 11 is 0. The topological polar surface area (TPSA) is 111 Å². The van der Waals surface area contributed by atoms with Crippen molar-refractivity contribution >= 4 is 21.6 Å². The van der Waals surface area contributed by atoms with E-state index >= 15 is 0 Å². The zero-order valence-electron chi connectivity index (χ0n) is 15.7. The molecule has 0 aliphatic carbocycles. The number of ether oxygens (including phenoxy) is 1. The third kappa shape index (κ3) is 5.70. The van der Waals surface area contributed by atoms with E-state index in [1.165, 1.54) is 25.3 Å². The highest BCUT2D eigenvalue weighted by Crippen LogP contribution is 2.25. The standard InChI is InChI=1S/C19H25N3O4S/c1-13(2)22-27(24,25)18-12-15(6-9-17(18)26-3)19(23)21-11-10-14-4-7-16(20)8-5-14/h4-9,12-13,22H,10-11,20H2,1-3H3,(H,21,23). The average Bonchev–Trinajstić information content (AvgIpc) is 2.61. The van der Waals surface area contributed by atoms with E-state index in [9.17, 15) is 13.2 Å². The number of hydrogen-bond donors (Lipinski definition) is 3. The van der Waals surface area contributed by atoms with Crippen molar-refractivity contribution in [1.82, 2.24) is 10.0 Å². The number of rotatable bonds is 8. The maximum absolute atomic E-state index is 12.5. The molecule has 0 aliphatic heterocycles. The molecule has 4 N–H and O–H groups in total. The van der Waals surface area contributed by atoms with Crippen molar-refractivity contribution in [2.45, 2.75) is 31.2 Å². The summed E-state index contributed by atoms with van der Waals surface area (Å²) in [4.78, 5) is 12.3. The van der Waals surface area contributed by atoms with Crippen LogP contribution in [0.25, 0.3) is 0 Å². The van der Waals surface area contributed by atoms with E-state index in [0.717, 1.165) is 5.56 Å². The Kier molecular flexibility index (Phi) is 6.81. The molecule has 2 aromatic rings. The van der Waals surface area contributed by atoms with Gasteiger partial charge >= 0.3 is 0 Å². The molecule has 0 spiro atoms. The number of amides is 1. The molecule has 0 aromatic heterocycles. The summed E-state index contributed by atoms with van der Waals surface area (Å²) in [6.07, 6.45) is 0.641. The molecule has 146 valence electrons. The van der Waals surface area contributed by atoms with Crippen molar-refractivity contribution in [3.8, 4) is 5.75 Å². The molecule has 8 heteroatoms. The number of hydrogen-bond acceptors (Lipinski definition) is 5. The molecule has 2 aromatic carbocycles. The summed E-state index contributed by atoms with van der Waals surface area (Å²) in [5.74, 6) is -0.171. The first-order valence-corrected chi connectivity index (χ1v) is 10.0. The minimum absolute atomic E-state index is 0.0649. The zero-order chi connectivity index (χ0) is 20.0. The summed E-state index contributed by atoms with van der Waals surface area (Å²) in [6, 6.07) is 11.5. The van der Waals surface area contributed by atoms with Gasteiger partial charge in [0.05, 0.1) is 7.11 Å². The molecule has 0 saturated heterocycles. The number of sulfonamides is 1. The second-order valence-corrected chi connectivity index (χ2v) is 8.07. The highest BCUT2D eigenvalue weighted by molar-refractivity contribution is 7.89. The maximum atomic E-state index is 12.5. The van der Waals surface area contributed by atoms with Crippen LogP contribution < -0.4 is 20.5 Å². The van der Waals surface area contributed by atoms with Gasteiger partial charge in [-0.15, -0.1) is 0 Å². The largest absolute Gasteiger partial charge is 0.495 e. The molecule has 0 heterocycles. The van der Waals surface area contributed by atoms with Crippen LogP contribution in [-0.4, -0.2) is 34.0 Å². The smallest absolute Gasteiger partial charge is 0.251 e. The average molecular weight is 391 g/mol. The molecule has 0 bridgehead atoms. The number of carbonyl (C=O) groups excluding carboxylic acids is 1. The predicted molar refractivity (Wildman–Crippen MR) is 105 cm³/mol. The van der Waals surface area contributed by atoms with Crippen molar-refractivity contribution in [3.05, 3.63) is 53.6 Å². The first-order valence-electron chi connectivity index (χ1n) is 8.56. The Morgan fingerprint density at radius 1 is 1.15 bits per heavy atom. The van der Waals surface area contributed by atoms with Gasteiger partial charge < -0.3 is 15.8 Å². The first-order chi connectivity index (χ1) is 12.7. The molecule has 2 rings (SSSR count). The maximum Gasteiger partial charge on any atom is 0.251 e. The molecule has 0 atom stereocenters. The summed E-state index contributed by atoms with van der Waals surface area (Å²) < 4.78 is 32.6. The molecule has 27 heavy (non-hydrogen) atoms. The number of anilines is 1. The molecule has 1 amide bonds. The lowest BCUT2D eigenvalue weighted by Crippen LogP contribution is -2.31. The number of nitrogen functional groups attached to an aromatic ring is 1. The van der Waals surface area contributed by atoms with Gasteiger partial charge in [0.2, 0.25) is 10.0 Å². The van der Waals surface area contributed by atoms with Crippen LogP contribution in [-0.2, 0) is 16.4 Å². The van der Waals surface area contributed by atoms with E-state index in [-0.39, 0.29) is 28.2 Å². The molecule has 0 saturated carbocycles. The summed E-state index contributed by atoms with van der Waals surface area (Å²) in [7, 11) is -2.41. The van der Waals surface area contributed by atoms with Gasteiger partial charge in [-0.1, -0.05) is 12.1 Å². The van der Waals surface area contributed by atoms with Crippen LogP contribution in [0.15, 0.2) is 47.4 Å². The Labute approximate surface area is 160 Å². The van der Waals surface area contributed by atoms with Crippen LogP contribution in [0.1, 0.15) is 29.8 Å². The van der Waals surface area contributed by atoms with Gasteiger partial charge in [0, 0.05) is 23.8 Å². The fraction of sp³-hybridized carbons (Fsp3) is 0.316. The number of methoxy groups -OCH3 is 1. The molecule has 0 unspecified atom stereocenters. The van der Waals surface area contributed by atoms with Crippen molar-refractivity contribution in [2.75, 3.05) is 19.4 Å². The van der Waals surface area contributed by atoms with Gasteiger partial charge in [-0.05, 0) is 56.2 Å². The SMILES string of the molecule is COc1ccc(C(=O)NCCc2ccc(N)cc2)cc1S(=O)(=O)NC(C)C. The quantitative estimate of drug-likeness (QED) is 0.596. The summed E-state index contributed by atoms with van der Waals surface area (Å²) in [5, 5.41) is 2.79. The lowest BCUT2D eigenvalue weighted by molar-refractivity contribution is 0.0954. The summed E-state index contributed by atoms with van der Waals surface area (Å²) in [6.45, 7) is 3.86. The lowest BCUT2D eigenvalue weighted by Gasteiger charge is -2.14. The van der Waals surface area contributed by atoms with E-state index in [4.69, 9.17) is 10.5 Å². The highest BCUT2D eigenvalue weighted by Gasteiger charge is 2.22. The normalized spacial score (nSPS) is 11.4. The van der Waals surface area contributed by atoms with Gasteiger partial charge in [0.25, 0.3) is 5.91 Å². The third-order valence-electron chi connectivity index (χ3n) is 3.79. The fourth-order valence-electron chi connectivity index (χ4n) is 2.51. The van der Waals surface area contributed by atoms with Gasteiger partial charge in [-0.2, -0.15) is 0 Å². The monoisotopic (exact) mass is 391 g/mol. The minimum Gasteiger partial charge on any atom is -0.495 e. The second kappa shape index (κ2) is 8.88. The number of benzene rings is 2. The van der Waals surface area contributed by atoms with Gasteiger partial charge in [0.15, 0.2) is 0 Å². The lowest BCUT2D eigenvalue weighted by atomic mass is 10.1. The third-order valence-corrected chi connectivity index (χ3v) is 5.46. The Balaban J connectivity index is 2.12. The first kappa shape index (κ1) is 20.7. The van der Waals surface area contributed by atoms with Crippen LogP contribution in [0.5, 0.6) is 5.75 Å². The Morgan fingerprint density at radius 2 is 1.81 bits per heavy atom. The highest BCUT2D eigenvalue weighted by atomic mass is 32.2. The molecular formula is C19H25N3O4S. The Hall–Kier alpha value is -2.58. The van der Waals surface area contributed by atoms with Crippen molar-refractivity contribution in [2.24, 2.45) is 0 Å². The van der Waals surface area contributed by atoms with E-state index in [2.05, 4.69) is 10.0 Å². The van der Waals surface area contributed by atoms with Gasteiger partial charge in [-0.3, -0.25) is 4.79 Å². The predicted octanol–water partition coefficient (Wildman–Crippen LogP) is 1.94. The zero-order valence-corrected chi connectivity index (χ0v) is 16.5. The molecule has 0 fully saturated rings. The molecular weight excluding hydrogens is 366 g/mol. The van der Waals surface area contributed by atoms with Crippen molar-refractivity contribution < 1.29 is 17.9 Å². The van der Waals surface area contributed by atoms with E-state index in [1.807, 2.05) is 12.1 Å². The molecule has 7 nitrogen and oxygen atoms in total. The van der Waals surface area contributed by atoms with Crippen LogP contribution in [0.2, 0.25) is 0 Å². The van der Waals surface area contributed by atoms with E-state index in [1.54, 1.807) is 26.0 Å².